The van der Waals surface area contributed by atoms with Crippen LogP contribution in [0.4, 0.5) is 4.79 Å². The molecule has 3 heteroatoms. The molecule has 15 heavy (non-hydrogen) atoms. The first-order valence-electron chi connectivity index (χ1n) is 5.19. The van der Waals surface area contributed by atoms with Crippen molar-refractivity contribution < 1.29 is 4.79 Å². The van der Waals surface area contributed by atoms with Crippen LogP contribution in [-0.2, 0) is 6.54 Å². The fraction of sp³-hybridized carbons (Fsp3) is 0.417. The number of thioether (sulfide) groups is 1. The average molecular weight is 221 g/mol. The van der Waals surface area contributed by atoms with Crippen molar-refractivity contribution in [1.29, 1.82) is 0 Å². The van der Waals surface area contributed by atoms with Gasteiger partial charge in [0.2, 0.25) is 0 Å². The Kier molecular flexibility index (Phi) is 3.00. The number of hydrogen-bond acceptors (Lipinski definition) is 2. The Morgan fingerprint density at radius 2 is 1.93 bits per heavy atom. The lowest BCUT2D eigenvalue weighted by Gasteiger charge is -2.22. The molecule has 0 bridgehead atoms. The van der Waals surface area contributed by atoms with E-state index < -0.39 is 0 Å². The van der Waals surface area contributed by atoms with Crippen molar-refractivity contribution >= 4 is 17.0 Å². The summed E-state index contributed by atoms with van der Waals surface area (Å²) < 4.78 is 0. The van der Waals surface area contributed by atoms with Gasteiger partial charge in [-0.1, -0.05) is 49.0 Å². The highest BCUT2D eigenvalue weighted by Gasteiger charge is 2.34. The van der Waals surface area contributed by atoms with E-state index in [1.54, 1.807) is 0 Å². The van der Waals surface area contributed by atoms with Gasteiger partial charge >= 0.3 is 0 Å². The van der Waals surface area contributed by atoms with Gasteiger partial charge in [0, 0.05) is 17.8 Å². The molecule has 0 saturated carbocycles. The number of hydrogen-bond donors (Lipinski definition) is 0. The molecule has 1 amide bonds. The van der Waals surface area contributed by atoms with Crippen LogP contribution in [0.1, 0.15) is 19.4 Å². The van der Waals surface area contributed by atoms with Crippen LogP contribution in [0.3, 0.4) is 0 Å². The third-order valence-corrected chi connectivity index (χ3v) is 4.09. The maximum atomic E-state index is 11.7. The molecule has 0 aliphatic carbocycles. The predicted molar refractivity (Wildman–Crippen MR) is 63.9 cm³/mol. The molecule has 2 nitrogen and oxygen atoms in total. The zero-order valence-corrected chi connectivity index (χ0v) is 9.83. The third kappa shape index (κ3) is 2.17. The maximum absolute atomic E-state index is 11.7. The maximum Gasteiger partial charge on any atom is 0.282 e. The van der Waals surface area contributed by atoms with Gasteiger partial charge in [-0.3, -0.25) is 4.79 Å². The summed E-state index contributed by atoms with van der Waals surface area (Å²) in [5, 5.41) is 0.611. The normalized spacial score (nSPS) is 26.0. The molecule has 1 saturated heterocycles. The van der Waals surface area contributed by atoms with Gasteiger partial charge < -0.3 is 4.90 Å². The average Bonchev–Trinajstić information content (AvgIpc) is 2.47. The fourth-order valence-electron chi connectivity index (χ4n) is 1.73. The second-order valence-electron chi connectivity index (χ2n) is 3.94. The standard InChI is InChI=1S/C12H15NOS/c1-9-10(2)15-12(14)13(9)8-11-6-4-3-5-7-11/h3-7,9-10H,8H2,1-2H3. The summed E-state index contributed by atoms with van der Waals surface area (Å²) in [6.45, 7) is 4.96. The topological polar surface area (TPSA) is 20.3 Å². The number of nitrogens with zero attached hydrogens (tertiary/aromatic N) is 1. The Labute approximate surface area is 94.7 Å². The third-order valence-electron chi connectivity index (χ3n) is 2.89. The van der Waals surface area contributed by atoms with Crippen molar-refractivity contribution in [2.45, 2.75) is 31.7 Å². The molecule has 0 spiro atoms. The molecular formula is C12H15NOS. The van der Waals surface area contributed by atoms with E-state index in [1.807, 2.05) is 23.1 Å². The van der Waals surface area contributed by atoms with Gasteiger partial charge in [0.15, 0.2) is 0 Å². The number of rotatable bonds is 2. The Morgan fingerprint density at radius 3 is 2.47 bits per heavy atom. The fourth-order valence-corrected chi connectivity index (χ4v) is 2.76. The van der Waals surface area contributed by atoms with Gasteiger partial charge in [-0.25, -0.2) is 0 Å². The monoisotopic (exact) mass is 221 g/mol. The molecule has 0 N–H and O–H groups in total. The molecule has 0 radical (unpaired) electrons. The molecule has 1 aromatic rings. The minimum absolute atomic E-state index is 0.207. The summed E-state index contributed by atoms with van der Waals surface area (Å²) in [5.74, 6) is 0. The van der Waals surface area contributed by atoms with E-state index in [1.165, 1.54) is 17.3 Å². The highest BCUT2D eigenvalue weighted by molar-refractivity contribution is 8.14. The van der Waals surface area contributed by atoms with Gasteiger partial charge in [-0.05, 0) is 12.5 Å². The van der Waals surface area contributed by atoms with Gasteiger partial charge in [-0.2, -0.15) is 0 Å². The lowest BCUT2D eigenvalue weighted by atomic mass is 10.1. The van der Waals surface area contributed by atoms with Crippen molar-refractivity contribution in [2.75, 3.05) is 0 Å². The van der Waals surface area contributed by atoms with E-state index in [4.69, 9.17) is 0 Å². The quantitative estimate of drug-likeness (QED) is 0.764. The van der Waals surface area contributed by atoms with Crippen LogP contribution in [0.25, 0.3) is 0 Å². The van der Waals surface area contributed by atoms with Gasteiger partial charge in [0.25, 0.3) is 5.24 Å². The van der Waals surface area contributed by atoms with Crippen LogP contribution in [0.5, 0.6) is 0 Å². The minimum Gasteiger partial charge on any atom is -0.325 e. The first-order valence-corrected chi connectivity index (χ1v) is 6.07. The lowest BCUT2D eigenvalue weighted by Crippen LogP contribution is -2.32. The Hall–Kier alpha value is -0.960. The largest absolute Gasteiger partial charge is 0.325 e. The second-order valence-corrected chi connectivity index (χ2v) is 5.27. The summed E-state index contributed by atoms with van der Waals surface area (Å²) in [4.78, 5) is 13.6. The van der Waals surface area contributed by atoms with E-state index in [-0.39, 0.29) is 5.24 Å². The summed E-state index contributed by atoms with van der Waals surface area (Å²) in [7, 11) is 0. The van der Waals surface area contributed by atoms with Crippen LogP contribution in [0.15, 0.2) is 30.3 Å². The molecule has 2 unspecified atom stereocenters. The van der Waals surface area contributed by atoms with Crippen LogP contribution in [0, 0.1) is 0 Å². The number of carbonyl (C=O) groups excluding carboxylic acids is 1. The molecule has 1 heterocycles. The summed E-state index contributed by atoms with van der Waals surface area (Å²) >= 11 is 1.44. The second kappa shape index (κ2) is 4.27. The summed E-state index contributed by atoms with van der Waals surface area (Å²) in [6, 6.07) is 10.5. The Morgan fingerprint density at radius 1 is 1.27 bits per heavy atom. The zero-order valence-electron chi connectivity index (χ0n) is 9.01. The first-order chi connectivity index (χ1) is 7.18. The van der Waals surface area contributed by atoms with E-state index in [2.05, 4.69) is 26.0 Å². The SMILES string of the molecule is CC1SC(=O)N(Cc2ccccc2)C1C. The molecule has 0 aromatic heterocycles. The molecule has 2 atom stereocenters. The van der Waals surface area contributed by atoms with Crippen molar-refractivity contribution in [2.24, 2.45) is 0 Å². The molecule has 1 aliphatic rings. The summed E-state index contributed by atoms with van der Waals surface area (Å²) in [5.41, 5.74) is 1.20. The van der Waals surface area contributed by atoms with E-state index >= 15 is 0 Å². The zero-order chi connectivity index (χ0) is 10.8. The molecular weight excluding hydrogens is 206 g/mol. The van der Waals surface area contributed by atoms with Crippen LogP contribution in [0.2, 0.25) is 0 Å². The van der Waals surface area contributed by atoms with Gasteiger partial charge in [0.1, 0.15) is 0 Å². The van der Waals surface area contributed by atoms with Crippen molar-refractivity contribution in [3.63, 3.8) is 0 Å². The van der Waals surface area contributed by atoms with E-state index in [0.717, 1.165) is 6.54 Å². The van der Waals surface area contributed by atoms with Crippen molar-refractivity contribution in [1.82, 2.24) is 4.90 Å². The van der Waals surface area contributed by atoms with Crippen LogP contribution < -0.4 is 0 Å². The van der Waals surface area contributed by atoms with E-state index in [0.29, 0.717) is 11.3 Å². The van der Waals surface area contributed by atoms with Crippen LogP contribution >= 0.6 is 11.8 Å². The van der Waals surface area contributed by atoms with Gasteiger partial charge in [-0.15, -0.1) is 0 Å². The Bertz CT molecular complexity index is 352. The van der Waals surface area contributed by atoms with Crippen LogP contribution in [-0.4, -0.2) is 21.4 Å². The summed E-state index contributed by atoms with van der Waals surface area (Å²) in [6.07, 6.45) is 0. The first kappa shape index (κ1) is 10.6. The highest BCUT2D eigenvalue weighted by atomic mass is 32.2. The number of benzene rings is 1. The molecule has 80 valence electrons. The smallest absolute Gasteiger partial charge is 0.282 e. The van der Waals surface area contributed by atoms with Gasteiger partial charge in [0.05, 0.1) is 0 Å². The van der Waals surface area contributed by atoms with E-state index in [9.17, 15) is 4.79 Å². The van der Waals surface area contributed by atoms with Crippen molar-refractivity contribution in [3.8, 4) is 0 Å². The van der Waals surface area contributed by atoms with Crippen molar-refractivity contribution in [3.05, 3.63) is 35.9 Å². The minimum atomic E-state index is 0.207. The predicted octanol–water partition coefficient (Wildman–Crippen LogP) is 3.13. The molecule has 1 aliphatic heterocycles. The molecule has 1 aromatic carbocycles. The number of carbonyl (C=O) groups is 1. The Balaban J connectivity index is 2.09. The molecule has 2 rings (SSSR count). The highest BCUT2D eigenvalue weighted by Crippen LogP contribution is 2.31. The molecule has 1 fully saturated rings. The lowest BCUT2D eigenvalue weighted by molar-refractivity contribution is 0.208. The number of amides is 1.